The third-order valence-electron chi connectivity index (χ3n) is 4.02. The quantitative estimate of drug-likeness (QED) is 0.548. The predicted octanol–water partition coefficient (Wildman–Crippen LogP) is 4.04. The molecule has 0 bridgehead atoms. The first kappa shape index (κ1) is 21.0. The molecule has 5 nitrogen and oxygen atoms in total. The summed E-state index contributed by atoms with van der Waals surface area (Å²) in [6.45, 7) is 5.96. The van der Waals surface area contributed by atoms with Crippen LogP contribution in [0.25, 0.3) is 0 Å². The van der Waals surface area contributed by atoms with Gasteiger partial charge in [-0.25, -0.2) is 9.78 Å². The zero-order valence-electron chi connectivity index (χ0n) is 16.2. The van der Waals surface area contributed by atoms with Gasteiger partial charge in [0, 0.05) is 6.20 Å². The van der Waals surface area contributed by atoms with Gasteiger partial charge in [0.05, 0.1) is 11.6 Å². The van der Waals surface area contributed by atoms with Crippen LogP contribution in [0.1, 0.15) is 48.3 Å². The minimum absolute atomic E-state index is 0.163. The molecular formula is C21H26N2O3S. The predicted molar refractivity (Wildman–Crippen MR) is 108 cm³/mol. The van der Waals surface area contributed by atoms with Crippen LogP contribution >= 0.6 is 11.8 Å². The Morgan fingerprint density at radius 2 is 1.85 bits per heavy atom. The molecule has 1 heterocycles. The molecule has 144 valence electrons. The van der Waals surface area contributed by atoms with Gasteiger partial charge in [-0.3, -0.25) is 4.79 Å². The molecule has 1 N–H and O–H groups in total. The highest BCUT2D eigenvalue weighted by Crippen LogP contribution is 2.18. The van der Waals surface area contributed by atoms with Crippen molar-refractivity contribution in [1.29, 1.82) is 0 Å². The van der Waals surface area contributed by atoms with E-state index >= 15 is 0 Å². The van der Waals surface area contributed by atoms with Gasteiger partial charge in [0.25, 0.3) is 5.91 Å². The Morgan fingerprint density at radius 1 is 1.15 bits per heavy atom. The highest BCUT2D eigenvalue weighted by Gasteiger charge is 2.16. The van der Waals surface area contributed by atoms with Crippen molar-refractivity contribution in [2.45, 2.75) is 38.3 Å². The third-order valence-corrected chi connectivity index (χ3v) is 4.73. The summed E-state index contributed by atoms with van der Waals surface area (Å²) in [6.07, 6.45) is 4.48. The van der Waals surface area contributed by atoms with Crippen LogP contribution in [-0.2, 0) is 16.0 Å². The second-order valence-corrected chi connectivity index (χ2v) is 7.56. The molecule has 1 atom stereocenters. The summed E-state index contributed by atoms with van der Waals surface area (Å²) in [6, 6.07) is 11.4. The molecule has 0 saturated carbocycles. The van der Waals surface area contributed by atoms with Gasteiger partial charge in [0.2, 0.25) is 0 Å². The number of nitrogens with one attached hydrogen (secondary N) is 1. The van der Waals surface area contributed by atoms with Gasteiger partial charge in [-0.05, 0) is 48.8 Å². The first-order chi connectivity index (χ1) is 12.9. The zero-order valence-corrected chi connectivity index (χ0v) is 17.0. The Balaban J connectivity index is 1.86. The summed E-state index contributed by atoms with van der Waals surface area (Å²) in [5, 5.41) is 3.44. The van der Waals surface area contributed by atoms with E-state index in [0.29, 0.717) is 16.5 Å². The van der Waals surface area contributed by atoms with Crippen molar-refractivity contribution in [3.63, 3.8) is 0 Å². The number of carbonyl (C=O) groups is 2. The SMILES string of the molecule is CSc1ncccc1C(=O)OCC(=O)N[C@H](C)c1ccc(CC(C)C)cc1. The lowest BCUT2D eigenvalue weighted by molar-refractivity contribution is -0.124. The van der Waals surface area contributed by atoms with Crippen LogP contribution in [0.2, 0.25) is 0 Å². The van der Waals surface area contributed by atoms with E-state index in [9.17, 15) is 9.59 Å². The monoisotopic (exact) mass is 386 g/mol. The number of benzene rings is 1. The Hall–Kier alpha value is -2.34. The molecule has 0 aliphatic rings. The topological polar surface area (TPSA) is 68.3 Å². The Bertz CT molecular complexity index is 775. The summed E-state index contributed by atoms with van der Waals surface area (Å²) in [5.41, 5.74) is 2.66. The second-order valence-electron chi connectivity index (χ2n) is 6.77. The first-order valence-electron chi connectivity index (χ1n) is 8.95. The molecule has 2 aromatic rings. The van der Waals surface area contributed by atoms with Gasteiger partial charge in [-0.15, -0.1) is 11.8 Å². The van der Waals surface area contributed by atoms with Crippen LogP contribution in [0.4, 0.5) is 0 Å². The molecule has 0 aliphatic carbocycles. The molecular weight excluding hydrogens is 360 g/mol. The van der Waals surface area contributed by atoms with Gasteiger partial charge in [0.15, 0.2) is 6.61 Å². The minimum Gasteiger partial charge on any atom is -0.452 e. The maximum atomic E-state index is 12.2. The van der Waals surface area contributed by atoms with Crippen molar-refractivity contribution in [1.82, 2.24) is 10.3 Å². The van der Waals surface area contributed by atoms with Crippen LogP contribution in [0.5, 0.6) is 0 Å². The normalized spacial score (nSPS) is 11.9. The Morgan fingerprint density at radius 3 is 2.48 bits per heavy atom. The number of rotatable bonds is 8. The van der Waals surface area contributed by atoms with Crippen molar-refractivity contribution in [3.8, 4) is 0 Å². The maximum Gasteiger partial charge on any atom is 0.341 e. The average molecular weight is 387 g/mol. The van der Waals surface area contributed by atoms with Crippen LogP contribution in [0, 0.1) is 5.92 Å². The standard InChI is InChI=1S/C21H26N2O3S/c1-14(2)12-16-7-9-17(10-8-16)15(3)23-19(24)13-26-21(25)18-6-5-11-22-20(18)27-4/h5-11,14-15H,12-13H2,1-4H3,(H,23,24)/t15-/m1/s1. The van der Waals surface area contributed by atoms with Gasteiger partial charge in [-0.1, -0.05) is 38.1 Å². The highest BCUT2D eigenvalue weighted by atomic mass is 32.2. The Kier molecular flexibility index (Phi) is 7.85. The Labute approximate surface area is 164 Å². The number of hydrogen-bond donors (Lipinski definition) is 1. The van der Waals surface area contributed by atoms with Gasteiger partial charge in [0.1, 0.15) is 5.03 Å². The number of hydrogen-bond acceptors (Lipinski definition) is 5. The van der Waals surface area contributed by atoms with Crippen molar-refractivity contribution in [2.24, 2.45) is 5.92 Å². The van der Waals surface area contributed by atoms with Crippen molar-refractivity contribution in [2.75, 3.05) is 12.9 Å². The van der Waals surface area contributed by atoms with E-state index in [1.54, 1.807) is 18.3 Å². The van der Waals surface area contributed by atoms with E-state index < -0.39 is 5.97 Å². The lowest BCUT2D eigenvalue weighted by Crippen LogP contribution is -2.31. The molecule has 1 aromatic heterocycles. The van der Waals surface area contributed by atoms with Gasteiger partial charge in [-0.2, -0.15) is 0 Å². The molecule has 0 unspecified atom stereocenters. The van der Waals surface area contributed by atoms with E-state index in [-0.39, 0.29) is 18.6 Å². The summed E-state index contributed by atoms with van der Waals surface area (Å²) in [7, 11) is 0. The van der Waals surface area contributed by atoms with Gasteiger partial charge >= 0.3 is 5.97 Å². The van der Waals surface area contributed by atoms with E-state index in [1.165, 1.54) is 17.3 Å². The smallest absolute Gasteiger partial charge is 0.341 e. The number of carbonyl (C=O) groups excluding carboxylic acids is 2. The fourth-order valence-corrected chi connectivity index (χ4v) is 3.24. The van der Waals surface area contributed by atoms with E-state index in [0.717, 1.165) is 12.0 Å². The number of ether oxygens (including phenoxy) is 1. The van der Waals surface area contributed by atoms with E-state index in [4.69, 9.17) is 4.74 Å². The van der Waals surface area contributed by atoms with Crippen LogP contribution in [-0.4, -0.2) is 29.7 Å². The summed E-state index contributed by atoms with van der Waals surface area (Å²) in [5.74, 6) is -0.279. The number of pyridine rings is 1. The van der Waals surface area contributed by atoms with E-state index in [1.807, 2.05) is 25.3 Å². The summed E-state index contributed by atoms with van der Waals surface area (Å²) in [4.78, 5) is 28.4. The van der Waals surface area contributed by atoms with Crippen molar-refractivity contribution in [3.05, 3.63) is 59.3 Å². The van der Waals surface area contributed by atoms with E-state index in [2.05, 4.69) is 36.3 Å². The molecule has 1 aromatic carbocycles. The maximum absolute atomic E-state index is 12.2. The molecule has 0 aliphatic heterocycles. The number of aromatic nitrogens is 1. The second kappa shape index (κ2) is 10.1. The van der Waals surface area contributed by atoms with Crippen LogP contribution in [0.3, 0.4) is 0 Å². The zero-order chi connectivity index (χ0) is 19.8. The molecule has 0 saturated heterocycles. The lowest BCUT2D eigenvalue weighted by Gasteiger charge is -2.15. The lowest BCUT2D eigenvalue weighted by atomic mass is 10.00. The summed E-state index contributed by atoms with van der Waals surface area (Å²) < 4.78 is 5.13. The third kappa shape index (κ3) is 6.40. The fourth-order valence-electron chi connectivity index (χ4n) is 2.70. The number of amides is 1. The first-order valence-corrected chi connectivity index (χ1v) is 10.2. The van der Waals surface area contributed by atoms with Crippen molar-refractivity contribution >= 4 is 23.6 Å². The molecule has 1 amide bonds. The largest absolute Gasteiger partial charge is 0.452 e. The molecule has 0 radical (unpaired) electrons. The van der Waals surface area contributed by atoms with Crippen LogP contribution < -0.4 is 5.32 Å². The highest BCUT2D eigenvalue weighted by molar-refractivity contribution is 7.98. The summed E-state index contributed by atoms with van der Waals surface area (Å²) >= 11 is 1.36. The van der Waals surface area contributed by atoms with Crippen molar-refractivity contribution < 1.29 is 14.3 Å². The molecule has 27 heavy (non-hydrogen) atoms. The fraction of sp³-hybridized carbons (Fsp3) is 0.381. The molecule has 6 heteroatoms. The molecule has 2 rings (SSSR count). The minimum atomic E-state index is -0.548. The number of esters is 1. The molecule has 0 fully saturated rings. The van der Waals surface area contributed by atoms with Crippen LogP contribution in [0.15, 0.2) is 47.6 Å². The average Bonchev–Trinajstić information content (AvgIpc) is 2.66. The molecule has 0 spiro atoms. The van der Waals surface area contributed by atoms with Gasteiger partial charge < -0.3 is 10.1 Å². The number of thioether (sulfide) groups is 1. The number of nitrogens with zero attached hydrogens (tertiary/aromatic N) is 1.